The van der Waals surface area contributed by atoms with Crippen molar-refractivity contribution >= 4 is 41.0 Å². The Bertz CT molecular complexity index is 1510. The monoisotopic (exact) mass is 619 g/mol. The number of carbonyl (C=O) groups excluding carboxylic acids is 4. The van der Waals surface area contributed by atoms with Crippen molar-refractivity contribution in [2.45, 2.75) is 43.6 Å². The number of allylic oxidation sites excluding steroid dienone is 1. The lowest BCUT2D eigenvalue weighted by Crippen LogP contribution is -2.56. The van der Waals surface area contributed by atoms with Crippen LogP contribution in [0.3, 0.4) is 0 Å². The Hall–Kier alpha value is -3.99. The van der Waals surface area contributed by atoms with Crippen LogP contribution >= 0.6 is 11.6 Å². The van der Waals surface area contributed by atoms with Gasteiger partial charge >= 0.3 is 5.97 Å². The van der Waals surface area contributed by atoms with Gasteiger partial charge in [0.15, 0.2) is 0 Å². The number of anilines is 1. The van der Waals surface area contributed by atoms with Crippen LogP contribution in [0.15, 0.2) is 72.8 Å². The zero-order valence-electron chi connectivity index (χ0n) is 24.2. The molecule has 10 nitrogen and oxygen atoms in total. The topological polar surface area (TPSA) is 125 Å². The second kappa shape index (κ2) is 12.2. The predicted molar refractivity (Wildman–Crippen MR) is 162 cm³/mol. The summed E-state index contributed by atoms with van der Waals surface area (Å²) in [5.74, 6) is -3.95. The molecule has 6 atom stereocenters. The van der Waals surface area contributed by atoms with Crippen LogP contribution in [0.25, 0.3) is 0 Å². The summed E-state index contributed by atoms with van der Waals surface area (Å²) >= 11 is 6.58. The summed E-state index contributed by atoms with van der Waals surface area (Å²) in [5.41, 5.74) is 0.474. The van der Waals surface area contributed by atoms with Gasteiger partial charge in [0.2, 0.25) is 11.8 Å². The number of nitrogens with one attached hydrogen (secondary N) is 1. The largest absolute Gasteiger partial charge is 0.455 e. The van der Waals surface area contributed by atoms with E-state index in [9.17, 15) is 24.3 Å². The summed E-state index contributed by atoms with van der Waals surface area (Å²) in [6.07, 6.45) is 5.82. The highest BCUT2D eigenvalue weighted by molar-refractivity contribution is 6.34. The average molecular weight is 620 g/mol. The maximum Gasteiger partial charge on any atom is 0.313 e. The first kappa shape index (κ1) is 30.1. The third kappa shape index (κ3) is 5.10. The van der Waals surface area contributed by atoms with Crippen molar-refractivity contribution in [2.75, 3.05) is 31.1 Å². The van der Waals surface area contributed by atoms with Crippen molar-refractivity contribution in [2.24, 2.45) is 11.8 Å². The van der Waals surface area contributed by atoms with Crippen molar-refractivity contribution in [3.8, 4) is 0 Å². The summed E-state index contributed by atoms with van der Waals surface area (Å²) in [6, 6.07) is 13.2. The second-order valence-electron chi connectivity index (χ2n) is 11.5. The van der Waals surface area contributed by atoms with Crippen LogP contribution in [-0.4, -0.2) is 77.7 Å². The maximum absolute atomic E-state index is 14.5. The minimum absolute atomic E-state index is 0.0596. The first-order chi connectivity index (χ1) is 21.3. The molecule has 2 saturated heterocycles. The SMILES string of the molecule is Cc1cccc(Cl)c1N1CC=C[C@]23O[C@@H]4/C=C\CCC(=O)NC[C@@H](c5ccccc5)OC(=O)[C@@H]4[C@H]2C(=O)N(CCO)[C@@H]3C1=O. The molecule has 0 bridgehead atoms. The molecule has 2 aromatic rings. The fraction of sp³-hybridized carbons (Fsp3) is 0.394. The fourth-order valence-electron chi connectivity index (χ4n) is 6.92. The number of fused-ring (bicyclic) bond motifs is 2. The zero-order valence-corrected chi connectivity index (χ0v) is 25.0. The molecule has 0 unspecified atom stereocenters. The molecule has 4 heterocycles. The van der Waals surface area contributed by atoms with Gasteiger partial charge in [0.1, 0.15) is 23.7 Å². The number of para-hydroxylation sites is 1. The molecular formula is C33H34ClN3O7. The number of aryl methyl sites for hydroxylation is 1. The lowest BCUT2D eigenvalue weighted by molar-refractivity contribution is -0.159. The third-order valence-electron chi connectivity index (χ3n) is 8.84. The van der Waals surface area contributed by atoms with Crippen molar-refractivity contribution in [1.82, 2.24) is 10.2 Å². The van der Waals surface area contributed by atoms with E-state index in [-0.39, 0.29) is 38.6 Å². The Labute approximate surface area is 260 Å². The van der Waals surface area contributed by atoms with Gasteiger partial charge in [-0.25, -0.2) is 0 Å². The summed E-state index contributed by atoms with van der Waals surface area (Å²) in [5, 5.41) is 13.2. The van der Waals surface area contributed by atoms with Crippen molar-refractivity contribution in [3.63, 3.8) is 0 Å². The molecule has 3 amide bonds. The number of ether oxygens (including phenoxy) is 2. The van der Waals surface area contributed by atoms with Crippen LogP contribution in [0.1, 0.15) is 30.1 Å². The third-order valence-corrected chi connectivity index (χ3v) is 9.15. The lowest BCUT2D eigenvalue weighted by atomic mass is 9.78. The van der Waals surface area contributed by atoms with Gasteiger partial charge in [0.25, 0.3) is 5.91 Å². The summed E-state index contributed by atoms with van der Waals surface area (Å²) in [6.45, 7) is 1.56. The highest BCUT2D eigenvalue weighted by Crippen LogP contribution is 2.53. The molecule has 2 aromatic carbocycles. The van der Waals surface area contributed by atoms with Crippen LogP contribution in [0.5, 0.6) is 0 Å². The van der Waals surface area contributed by atoms with Gasteiger partial charge in [-0.15, -0.1) is 0 Å². The molecular weight excluding hydrogens is 586 g/mol. The summed E-state index contributed by atoms with van der Waals surface area (Å²) in [7, 11) is 0. The van der Waals surface area contributed by atoms with Crippen LogP contribution in [-0.2, 0) is 28.7 Å². The number of carbonyl (C=O) groups is 4. The van der Waals surface area contributed by atoms with Gasteiger partial charge in [0, 0.05) is 19.5 Å². The van der Waals surface area contributed by atoms with E-state index in [0.29, 0.717) is 22.7 Å². The normalized spacial score (nSPS) is 31.2. The van der Waals surface area contributed by atoms with Gasteiger partial charge in [-0.2, -0.15) is 0 Å². The van der Waals surface area contributed by atoms with Gasteiger partial charge in [0.05, 0.1) is 35.9 Å². The van der Waals surface area contributed by atoms with Gasteiger partial charge < -0.3 is 29.7 Å². The van der Waals surface area contributed by atoms with Crippen molar-refractivity contribution < 1.29 is 33.8 Å². The smallest absolute Gasteiger partial charge is 0.313 e. The quantitative estimate of drug-likeness (QED) is 0.398. The van der Waals surface area contributed by atoms with Crippen LogP contribution in [0, 0.1) is 18.8 Å². The van der Waals surface area contributed by atoms with E-state index in [0.717, 1.165) is 5.56 Å². The molecule has 4 aliphatic heterocycles. The number of esters is 1. The standard InChI is InChI=1S/C33H34ClN3O7/c1-20-9-7-12-22(34)28(20)36-16-8-15-33-27(30(40)37(17-18-38)29(33)31(36)41)26-23(44-33)13-5-6-14-25(39)35-19-24(43-32(26)42)21-10-3-2-4-11-21/h2-5,7-13,15,23-24,26-27,29,38H,6,14,16-19H2,1H3,(H,35,39)/b13-5-/t23-,24+,26+,27+,29-,33+/m1/s1. The molecule has 11 heteroatoms. The Morgan fingerprint density at radius 1 is 1.05 bits per heavy atom. The van der Waals surface area contributed by atoms with Crippen LogP contribution in [0.4, 0.5) is 5.69 Å². The molecule has 2 fully saturated rings. The average Bonchev–Trinajstić information content (AvgIpc) is 3.39. The number of benzene rings is 2. The minimum Gasteiger partial charge on any atom is -0.455 e. The van der Waals surface area contributed by atoms with Gasteiger partial charge in [-0.1, -0.05) is 78.4 Å². The Kier molecular flexibility index (Phi) is 8.32. The number of nitrogens with zero attached hydrogens (tertiary/aromatic N) is 2. The number of β-amino-alcohol motifs (C(OH)–C–C–N with tert-alkyl or cyclic N) is 1. The molecule has 0 radical (unpaired) electrons. The predicted octanol–water partition coefficient (Wildman–Crippen LogP) is 2.88. The molecule has 0 aromatic heterocycles. The number of aliphatic hydroxyl groups is 1. The van der Waals surface area contributed by atoms with Crippen LogP contribution in [0.2, 0.25) is 5.02 Å². The van der Waals surface area contributed by atoms with E-state index in [4.69, 9.17) is 21.1 Å². The molecule has 0 aliphatic carbocycles. The van der Waals surface area contributed by atoms with Crippen molar-refractivity contribution in [1.29, 1.82) is 0 Å². The van der Waals surface area contributed by atoms with E-state index in [1.165, 1.54) is 9.80 Å². The molecule has 44 heavy (non-hydrogen) atoms. The molecule has 2 N–H and O–H groups in total. The summed E-state index contributed by atoms with van der Waals surface area (Å²) < 4.78 is 12.7. The van der Waals surface area contributed by atoms with Crippen molar-refractivity contribution in [3.05, 3.63) is 89.0 Å². The molecule has 1 spiro atoms. The zero-order chi connectivity index (χ0) is 31.0. The minimum atomic E-state index is -1.51. The van der Waals surface area contributed by atoms with Crippen LogP contribution < -0.4 is 10.2 Å². The Morgan fingerprint density at radius 2 is 1.84 bits per heavy atom. The molecule has 4 aliphatic rings. The fourth-order valence-corrected chi connectivity index (χ4v) is 7.24. The first-order valence-electron chi connectivity index (χ1n) is 14.8. The van der Waals surface area contributed by atoms with E-state index in [1.54, 1.807) is 48.6 Å². The Balaban J connectivity index is 1.43. The number of halogens is 1. The highest BCUT2D eigenvalue weighted by Gasteiger charge is 2.71. The number of likely N-dealkylation sites (tertiary alicyclic amines) is 1. The van der Waals surface area contributed by atoms with Gasteiger partial charge in [-0.05, 0) is 30.5 Å². The summed E-state index contributed by atoms with van der Waals surface area (Å²) in [4.78, 5) is 58.2. The first-order valence-corrected chi connectivity index (χ1v) is 15.2. The highest BCUT2D eigenvalue weighted by atomic mass is 35.5. The number of rotatable bonds is 4. The Morgan fingerprint density at radius 3 is 2.59 bits per heavy atom. The van der Waals surface area contributed by atoms with E-state index < -0.39 is 53.5 Å². The molecule has 0 saturated carbocycles. The number of aliphatic hydroxyl groups excluding tert-OH is 1. The number of hydrogen-bond acceptors (Lipinski definition) is 7. The van der Waals surface area contributed by atoms with E-state index in [2.05, 4.69) is 5.32 Å². The number of cyclic esters (lactones) is 1. The number of amides is 3. The molecule has 230 valence electrons. The lowest BCUT2D eigenvalue weighted by Gasteiger charge is -2.35. The molecule has 6 rings (SSSR count). The maximum atomic E-state index is 14.5. The van der Waals surface area contributed by atoms with E-state index >= 15 is 0 Å². The van der Waals surface area contributed by atoms with Gasteiger partial charge in [-0.3, -0.25) is 19.2 Å². The van der Waals surface area contributed by atoms with E-state index in [1.807, 2.05) is 31.2 Å². The second-order valence-corrected chi connectivity index (χ2v) is 11.9. The number of hydrogen-bond donors (Lipinski definition) is 2.